The summed E-state index contributed by atoms with van der Waals surface area (Å²) in [4.78, 5) is 0. The summed E-state index contributed by atoms with van der Waals surface area (Å²) in [5, 5.41) is 8.11. The highest BCUT2D eigenvalue weighted by molar-refractivity contribution is 7.18. The smallest absolute Gasteiger partial charge is 0.0405 e. The average Bonchev–Trinajstić information content (AvgIpc) is 3.56. The van der Waals surface area contributed by atoms with E-state index in [2.05, 4.69) is 82.8 Å². The minimum Gasteiger partial charge on any atom is -0.313 e. The van der Waals surface area contributed by atoms with E-state index in [1.165, 1.54) is 77.0 Å². The molecule has 2 aliphatic heterocycles. The Labute approximate surface area is 238 Å². The Bertz CT molecular complexity index is 969. The second-order valence-corrected chi connectivity index (χ2v) is 17.7. The molecular weight excluding hydrogens is 498 g/mol. The van der Waals surface area contributed by atoms with Gasteiger partial charge >= 0.3 is 0 Å². The van der Waals surface area contributed by atoms with Crippen molar-refractivity contribution in [3.05, 3.63) is 34.4 Å². The molecule has 4 heteroatoms. The van der Waals surface area contributed by atoms with Gasteiger partial charge in [0, 0.05) is 17.2 Å². The number of rotatable bonds is 5. The van der Waals surface area contributed by atoms with E-state index in [0.717, 1.165) is 23.7 Å². The first kappa shape index (κ1) is 28.1. The van der Waals surface area contributed by atoms with Gasteiger partial charge in [0.2, 0.25) is 0 Å². The van der Waals surface area contributed by atoms with Gasteiger partial charge in [0.05, 0.1) is 0 Å². The minimum absolute atomic E-state index is 0.0352. The average molecular weight is 555 g/mol. The van der Waals surface area contributed by atoms with E-state index in [9.17, 15) is 0 Å². The molecule has 0 aromatic heterocycles. The maximum atomic E-state index is 4.04. The zero-order valence-electron chi connectivity index (χ0n) is 25.3. The van der Waals surface area contributed by atoms with Crippen molar-refractivity contribution in [2.75, 3.05) is 19.3 Å². The Morgan fingerprint density at radius 1 is 0.789 bits per heavy atom. The molecule has 4 bridgehead atoms. The summed E-state index contributed by atoms with van der Waals surface area (Å²) in [5.74, 6) is 3.64. The van der Waals surface area contributed by atoms with Crippen molar-refractivity contribution in [1.29, 1.82) is 0 Å². The standard InChI is InChI=1S/C34H56N2P2/c1-31(2,3)24-16-26(33-18-21-13-22(19-33)15-23(14-21)28(33)20-37)27(17-25(24)32(4,5)6)34(38,29-9-7-11-35-29)30-10-8-12-36-30/h16-17,21-23,28-30,35-36H,7-15,18-20,37-38H2,1-6H3. The van der Waals surface area contributed by atoms with Gasteiger partial charge in [-0.3, -0.25) is 0 Å². The molecule has 38 heavy (non-hydrogen) atoms. The van der Waals surface area contributed by atoms with Gasteiger partial charge in [0.1, 0.15) is 0 Å². The molecule has 2 heterocycles. The van der Waals surface area contributed by atoms with Crippen molar-refractivity contribution in [2.24, 2.45) is 23.7 Å². The monoisotopic (exact) mass is 554 g/mol. The summed E-state index contributed by atoms with van der Waals surface area (Å²) in [5.41, 5.74) is 7.27. The van der Waals surface area contributed by atoms with Gasteiger partial charge in [0.25, 0.3) is 0 Å². The topological polar surface area (TPSA) is 24.1 Å². The molecule has 212 valence electrons. The normalized spacial score (nSPS) is 38.6. The molecule has 1 aromatic rings. The van der Waals surface area contributed by atoms with Crippen LogP contribution in [0.5, 0.6) is 0 Å². The highest BCUT2D eigenvalue weighted by Crippen LogP contribution is 2.66. The summed E-state index contributed by atoms with van der Waals surface area (Å²) in [7, 11) is 6.79. The first-order chi connectivity index (χ1) is 17.9. The molecule has 4 saturated carbocycles. The van der Waals surface area contributed by atoms with Gasteiger partial charge in [-0.05, 0) is 139 Å². The van der Waals surface area contributed by atoms with Gasteiger partial charge < -0.3 is 10.6 Å². The third-order valence-corrected chi connectivity index (χ3v) is 13.5. The third-order valence-electron chi connectivity index (χ3n) is 11.8. The Hall–Kier alpha value is 0. The molecule has 7 atom stereocenters. The number of hydrogen-bond donors (Lipinski definition) is 2. The SMILES string of the molecule is CC(C)(C)c1cc(C23CC4CC(CC(C4)C2CP)C3)c(C(P)(C2CCCN2)C2CCCN2)cc1C(C)(C)C. The molecule has 2 N–H and O–H groups in total. The molecular formula is C34H56N2P2. The van der Waals surface area contributed by atoms with Gasteiger partial charge in [-0.2, -0.15) is 0 Å². The molecule has 6 aliphatic rings. The highest BCUT2D eigenvalue weighted by atomic mass is 31.0. The van der Waals surface area contributed by atoms with Crippen LogP contribution in [0.25, 0.3) is 0 Å². The van der Waals surface area contributed by atoms with Gasteiger partial charge in [-0.1, -0.05) is 53.7 Å². The summed E-state index contributed by atoms with van der Waals surface area (Å²) >= 11 is 0. The maximum Gasteiger partial charge on any atom is 0.0405 e. The van der Waals surface area contributed by atoms with Crippen molar-refractivity contribution in [3.63, 3.8) is 0 Å². The van der Waals surface area contributed by atoms with Crippen LogP contribution in [0.2, 0.25) is 0 Å². The lowest BCUT2D eigenvalue weighted by Gasteiger charge is -2.63. The predicted molar refractivity (Wildman–Crippen MR) is 171 cm³/mol. The minimum atomic E-state index is 0.0352. The Kier molecular flexibility index (Phi) is 7.25. The summed E-state index contributed by atoms with van der Waals surface area (Å²) in [6.07, 6.45) is 13.8. The highest BCUT2D eigenvalue weighted by Gasteiger charge is 2.59. The molecule has 2 nitrogen and oxygen atoms in total. The Morgan fingerprint density at radius 3 is 1.76 bits per heavy atom. The van der Waals surface area contributed by atoms with E-state index >= 15 is 0 Å². The van der Waals surface area contributed by atoms with Crippen molar-refractivity contribution in [2.45, 2.75) is 133 Å². The van der Waals surface area contributed by atoms with Crippen LogP contribution in [0, 0.1) is 23.7 Å². The lowest BCUT2D eigenvalue weighted by molar-refractivity contribution is -0.0525. The van der Waals surface area contributed by atoms with Gasteiger partial charge in [-0.25, -0.2) is 0 Å². The summed E-state index contributed by atoms with van der Waals surface area (Å²) < 4.78 is 0. The van der Waals surface area contributed by atoms with E-state index in [4.69, 9.17) is 0 Å². The quantitative estimate of drug-likeness (QED) is 0.370. The first-order valence-corrected chi connectivity index (χ1v) is 17.4. The zero-order valence-corrected chi connectivity index (χ0v) is 27.6. The van der Waals surface area contributed by atoms with Crippen molar-refractivity contribution in [1.82, 2.24) is 10.6 Å². The lowest BCUT2D eigenvalue weighted by Crippen LogP contribution is -2.58. The van der Waals surface area contributed by atoms with Crippen LogP contribution in [0.4, 0.5) is 0 Å². The fraction of sp³-hybridized carbons (Fsp3) is 0.824. The molecule has 0 radical (unpaired) electrons. The number of benzene rings is 1. The van der Waals surface area contributed by atoms with E-state index in [1.54, 1.807) is 22.3 Å². The van der Waals surface area contributed by atoms with Crippen molar-refractivity contribution < 1.29 is 0 Å². The zero-order chi connectivity index (χ0) is 27.1. The molecule has 7 unspecified atom stereocenters. The summed E-state index contributed by atoms with van der Waals surface area (Å²) in [6.45, 7) is 17.0. The van der Waals surface area contributed by atoms with Crippen LogP contribution in [-0.4, -0.2) is 31.3 Å². The van der Waals surface area contributed by atoms with Crippen molar-refractivity contribution >= 4 is 18.5 Å². The van der Waals surface area contributed by atoms with Gasteiger partial charge in [0.15, 0.2) is 0 Å². The fourth-order valence-corrected chi connectivity index (χ4v) is 12.0. The van der Waals surface area contributed by atoms with Gasteiger partial charge in [-0.15, -0.1) is 18.5 Å². The largest absolute Gasteiger partial charge is 0.313 e. The Morgan fingerprint density at radius 2 is 1.32 bits per heavy atom. The molecule has 2 saturated heterocycles. The second-order valence-electron chi connectivity index (χ2n) is 16.3. The molecule has 4 aliphatic carbocycles. The van der Waals surface area contributed by atoms with E-state index in [1.807, 2.05) is 0 Å². The number of nitrogens with one attached hydrogen (secondary N) is 2. The first-order valence-electron chi connectivity index (χ1n) is 16.0. The third kappa shape index (κ3) is 4.41. The molecule has 0 spiro atoms. The molecule has 6 fully saturated rings. The van der Waals surface area contributed by atoms with E-state index in [-0.39, 0.29) is 16.0 Å². The predicted octanol–water partition coefficient (Wildman–Crippen LogP) is 7.43. The molecule has 0 amide bonds. The molecule has 1 aromatic carbocycles. The van der Waals surface area contributed by atoms with E-state index < -0.39 is 0 Å². The van der Waals surface area contributed by atoms with Crippen LogP contribution in [0.3, 0.4) is 0 Å². The van der Waals surface area contributed by atoms with Crippen LogP contribution in [0.1, 0.15) is 122 Å². The summed E-state index contributed by atoms with van der Waals surface area (Å²) in [6, 6.07) is 6.65. The van der Waals surface area contributed by atoms with Crippen LogP contribution in [0.15, 0.2) is 12.1 Å². The van der Waals surface area contributed by atoms with E-state index in [0.29, 0.717) is 17.5 Å². The number of hydrogen-bond acceptors (Lipinski definition) is 2. The van der Waals surface area contributed by atoms with Crippen molar-refractivity contribution in [3.8, 4) is 0 Å². The maximum absolute atomic E-state index is 4.04. The lowest BCUT2D eigenvalue weighted by atomic mass is 9.43. The molecule has 7 rings (SSSR count). The fourth-order valence-electron chi connectivity index (χ4n) is 10.4. The second kappa shape index (κ2) is 9.79. The Balaban J connectivity index is 1.65. The van der Waals surface area contributed by atoms with Crippen LogP contribution < -0.4 is 10.6 Å². The van der Waals surface area contributed by atoms with Crippen LogP contribution in [-0.2, 0) is 21.4 Å². The van der Waals surface area contributed by atoms with Crippen LogP contribution >= 0.6 is 18.5 Å².